The Morgan fingerprint density at radius 1 is 0.848 bits per heavy atom. The molecule has 2 nitrogen and oxygen atoms in total. The number of hydrogen-bond donors (Lipinski definition) is 2. The standard InChI is InChI=1S/C28H47F3O2/c1-17(2)6-11-24(32)18(3)21-9-10-22-20-8-7-19-16-27(33,28(29,30)31)15-14-25(19,4)23(20)12-13-26(21,22)5/h17-24,32-33H,6-16H2,1-5H3/t18-,19-,20-,21+,22-,23-,24-,25-,26+,27-/m0/s1. The monoisotopic (exact) mass is 472 g/mol. The summed E-state index contributed by atoms with van der Waals surface area (Å²) in [7, 11) is 0. The van der Waals surface area contributed by atoms with Crippen LogP contribution < -0.4 is 0 Å². The van der Waals surface area contributed by atoms with Gasteiger partial charge in [0.15, 0.2) is 5.60 Å². The van der Waals surface area contributed by atoms with E-state index in [0.29, 0.717) is 41.9 Å². The van der Waals surface area contributed by atoms with E-state index in [0.717, 1.165) is 38.5 Å². The first-order chi connectivity index (χ1) is 15.2. The maximum absolute atomic E-state index is 13.6. The molecule has 0 amide bonds. The summed E-state index contributed by atoms with van der Waals surface area (Å²) in [6, 6.07) is 0. The van der Waals surface area contributed by atoms with Crippen molar-refractivity contribution in [3.63, 3.8) is 0 Å². The highest BCUT2D eigenvalue weighted by Gasteiger charge is 2.65. The third-order valence-electron chi connectivity index (χ3n) is 11.6. The van der Waals surface area contributed by atoms with E-state index >= 15 is 0 Å². The number of rotatable bonds is 5. The fourth-order valence-electron chi connectivity index (χ4n) is 9.44. The van der Waals surface area contributed by atoms with Crippen LogP contribution in [0.5, 0.6) is 0 Å². The number of halogens is 3. The molecule has 4 aliphatic rings. The van der Waals surface area contributed by atoms with Crippen molar-refractivity contribution in [2.75, 3.05) is 0 Å². The number of aliphatic hydroxyl groups excluding tert-OH is 1. The van der Waals surface area contributed by atoms with Crippen LogP contribution in [0.2, 0.25) is 0 Å². The molecule has 0 aromatic carbocycles. The molecule has 0 aromatic heterocycles. The first-order valence-corrected chi connectivity index (χ1v) is 13.7. The van der Waals surface area contributed by atoms with Gasteiger partial charge in [-0.1, -0.05) is 34.6 Å². The van der Waals surface area contributed by atoms with Crippen molar-refractivity contribution < 1.29 is 23.4 Å². The summed E-state index contributed by atoms with van der Waals surface area (Å²) in [5, 5.41) is 21.4. The minimum atomic E-state index is -4.53. The Morgan fingerprint density at radius 2 is 1.52 bits per heavy atom. The molecule has 4 fully saturated rings. The second-order valence-electron chi connectivity index (χ2n) is 13.5. The average molecular weight is 473 g/mol. The average Bonchev–Trinajstić information content (AvgIpc) is 3.08. The van der Waals surface area contributed by atoms with Gasteiger partial charge in [-0.3, -0.25) is 0 Å². The molecular formula is C28H47F3O2. The molecule has 33 heavy (non-hydrogen) atoms. The van der Waals surface area contributed by atoms with E-state index in [1.165, 1.54) is 12.8 Å². The smallest absolute Gasteiger partial charge is 0.393 e. The van der Waals surface area contributed by atoms with Crippen molar-refractivity contribution in [2.24, 2.45) is 52.3 Å². The Kier molecular flexibility index (Phi) is 6.78. The fraction of sp³-hybridized carbons (Fsp3) is 1.00. The van der Waals surface area contributed by atoms with Crippen molar-refractivity contribution in [3.8, 4) is 0 Å². The molecule has 2 N–H and O–H groups in total. The van der Waals surface area contributed by atoms with Crippen LogP contribution in [0.25, 0.3) is 0 Å². The third kappa shape index (κ3) is 4.19. The molecule has 0 saturated heterocycles. The van der Waals surface area contributed by atoms with Crippen LogP contribution in [-0.4, -0.2) is 28.1 Å². The van der Waals surface area contributed by atoms with Gasteiger partial charge >= 0.3 is 6.18 Å². The van der Waals surface area contributed by atoms with Crippen molar-refractivity contribution in [3.05, 3.63) is 0 Å². The quantitative estimate of drug-likeness (QED) is 0.438. The van der Waals surface area contributed by atoms with Crippen LogP contribution in [0.4, 0.5) is 13.2 Å². The lowest BCUT2D eigenvalue weighted by Gasteiger charge is -2.62. The molecule has 0 heterocycles. The molecule has 4 saturated carbocycles. The lowest BCUT2D eigenvalue weighted by atomic mass is 9.43. The highest BCUT2D eigenvalue weighted by molar-refractivity contribution is 5.12. The summed E-state index contributed by atoms with van der Waals surface area (Å²) in [6.07, 6.45) is 3.86. The molecule has 0 radical (unpaired) electrons. The van der Waals surface area contributed by atoms with Gasteiger partial charge in [-0.2, -0.15) is 13.2 Å². The Morgan fingerprint density at radius 3 is 2.15 bits per heavy atom. The zero-order chi connectivity index (χ0) is 24.4. The van der Waals surface area contributed by atoms with Crippen molar-refractivity contribution in [1.29, 1.82) is 0 Å². The second kappa shape index (κ2) is 8.68. The lowest BCUT2D eigenvalue weighted by molar-refractivity contribution is -0.290. The summed E-state index contributed by atoms with van der Waals surface area (Å²) in [6.45, 7) is 11.4. The highest BCUT2D eigenvalue weighted by atomic mass is 19.4. The van der Waals surface area contributed by atoms with Crippen molar-refractivity contribution in [1.82, 2.24) is 0 Å². The van der Waals surface area contributed by atoms with E-state index in [1.54, 1.807) is 0 Å². The predicted octanol–water partition coefficient (Wildman–Crippen LogP) is 7.37. The molecular weight excluding hydrogens is 425 g/mol. The largest absolute Gasteiger partial charge is 0.417 e. The fourth-order valence-corrected chi connectivity index (χ4v) is 9.44. The Hall–Kier alpha value is -0.290. The van der Waals surface area contributed by atoms with Crippen LogP contribution >= 0.6 is 0 Å². The van der Waals surface area contributed by atoms with E-state index in [-0.39, 0.29) is 35.7 Å². The van der Waals surface area contributed by atoms with Gasteiger partial charge in [-0.25, -0.2) is 0 Å². The normalized spacial score (nSPS) is 47.5. The number of alkyl halides is 3. The topological polar surface area (TPSA) is 40.5 Å². The summed E-state index contributed by atoms with van der Waals surface area (Å²) in [4.78, 5) is 0. The van der Waals surface area contributed by atoms with Gasteiger partial charge in [0.05, 0.1) is 6.10 Å². The van der Waals surface area contributed by atoms with Crippen LogP contribution in [0, 0.1) is 52.3 Å². The molecule has 0 aliphatic heterocycles. The van der Waals surface area contributed by atoms with Crippen LogP contribution in [-0.2, 0) is 0 Å². The van der Waals surface area contributed by atoms with Crippen LogP contribution in [0.3, 0.4) is 0 Å². The molecule has 0 spiro atoms. The van der Waals surface area contributed by atoms with Gasteiger partial charge in [0.25, 0.3) is 0 Å². The number of fused-ring (bicyclic) bond motifs is 5. The molecule has 4 aliphatic carbocycles. The van der Waals surface area contributed by atoms with Crippen molar-refractivity contribution >= 4 is 0 Å². The third-order valence-corrected chi connectivity index (χ3v) is 11.6. The number of hydrogen-bond acceptors (Lipinski definition) is 2. The zero-order valence-electron chi connectivity index (χ0n) is 21.4. The first-order valence-electron chi connectivity index (χ1n) is 13.7. The molecule has 10 atom stereocenters. The number of aliphatic hydroxyl groups is 2. The molecule has 0 bridgehead atoms. The van der Waals surface area contributed by atoms with E-state index in [2.05, 4.69) is 34.6 Å². The second-order valence-corrected chi connectivity index (χ2v) is 13.5. The Labute approximate surface area is 199 Å². The van der Waals surface area contributed by atoms with Gasteiger partial charge in [0.1, 0.15) is 0 Å². The first kappa shape index (κ1) is 25.8. The van der Waals surface area contributed by atoms with E-state index in [9.17, 15) is 23.4 Å². The summed E-state index contributed by atoms with van der Waals surface area (Å²) < 4.78 is 40.7. The molecule has 5 heteroatoms. The van der Waals surface area contributed by atoms with Gasteiger partial charge in [-0.15, -0.1) is 0 Å². The summed E-state index contributed by atoms with van der Waals surface area (Å²) in [5.74, 6) is 3.12. The van der Waals surface area contributed by atoms with Crippen LogP contribution in [0.15, 0.2) is 0 Å². The molecule has 0 unspecified atom stereocenters. The molecule has 0 aromatic rings. The highest BCUT2D eigenvalue weighted by Crippen LogP contribution is 2.69. The minimum absolute atomic E-state index is 0.0301. The van der Waals surface area contributed by atoms with E-state index in [4.69, 9.17) is 0 Å². The lowest BCUT2D eigenvalue weighted by Crippen LogP contribution is -2.59. The van der Waals surface area contributed by atoms with Gasteiger partial charge in [0, 0.05) is 0 Å². The zero-order valence-corrected chi connectivity index (χ0v) is 21.4. The van der Waals surface area contributed by atoms with Gasteiger partial charge in [0.2, 0.25) is 0 Å². The SMILES string of the molecule is CC(C)CC[C@H](O)[C@@H](C)[C@H]1CC[C@H]2[C@@H]3CC[C@H]4C[C@](O)(C(F)(F)F)CC[C@]4(C)[C@H]3CC[C@]12C. The summed E-state index contributed by atoms with van der Waals surface area (Å²) >= 11 is 0. The molecule has 4 rings (SSSR count). The Bertz CT molecular complexity index is 708. The van der Waals surface area contributed by atoms with E-state index < -0.39 is 11.8 Å². The molecule has 192 valence electrons. The summed E-state index contributed by atoms with van der Waals surface area (Å²) in [5.41, 5.74) is -2.33. The predicted molar refractivity (Wildman–Crippen MR) is 125 cm³/mol. The Balaban J connectivity index is 1.49. The van der Waals surface area contributed by atoms with Gasteiger partial charge < -0.3 is 10.2 Å². The van der Waals surface area contributed by atoms with Crippen molar-refractivity contribution in [2.45, 2.75) is 123 Å². The maximum Gasteiger partial charge on any atom is 0.417 e. The maximum atomic E-state index is 13.6. The van der Waals surface area contributed by atoms with Gasteiger partial charge in [-0.05, 0) is 123 Å². The minimum Gasteiger partial charge on any atom is -0.393 e. The van der Waals surface area contributed by atoms with E-state index in [1.807, 2.05) is 0 Å². The van der Waals surface area contributed by atoms with Crippen LogP contribution in [0.1, 0.15) is 105 Å².